The van der Waals surface area contributed by atoms with Crippen molar-refractivity contribution in [3.05, 3.63) is 48.3 Å². The molecule has 98 valence electrons. The Balaban J connectivity index is 2.23. The first kappa shape index (κ1) is 13.2. The van der Waals surface area contributed by atoms with Crippen molar-refractivity contribution in [3.8, 4) is 0 Å². The van der Waals surface area contributed by atoms with Crippen LogP contribution in [0.3, 0.4) is 0 Å². The van der Waals surface area contributed by atoms with Crippen molar-refractivity contribution in [1.29, 1.82) is 0 Å². The molecule has 1 aromatic carbocycles. The van der Waals surface area contributed by atoms with Crippen LogP contribution in [0.2, 0.25) is 0 Å². The third kappa shape index (κ3) is 2.62. The van der Waals surface area contributed by atoms with Crippen LogP contribution >= 0.6 is 0 Å². The van der Waals surface area contributed by atoms with Gasteiger partial charge >= 0.3 is 0 Å². The first-order chi connectivity index (χ1) is 8.54. The molecule has 0 aromatic heterocycles. The Labute approximate surface area is 107 Å². The number of sulfonamides is 1. The number of nitrogens with zero attached hydrogens (tertiary/aromatic N) is 1. The Bertz CT molecular complexity index is 542. The fourth-order valence-corrected chi connectivity index (χ4v) is 3.84. The maximum Gasteiger partial charge on any atom is 0.214 e. The molecule has 1 unspecified atom stereocenters. The van der Waals surface area contributed by atoms with Gasteiger partial charge in [-0.25, -0.2) is 12.8 Å². The van der Waals surface area contributed by atoms with E-state index in [1.807, 2.05) is 0 Å². The number of hydrogen-bond donors (Lipinski definition) is 0. The van der Waals surface area contributed by atoms with Gasteiger partial charge in [0.15, 0.2) is 0 Å². The lowest BCUT2D eigenvalue weighted by atomic mass is 9.95. The molecule has 1 aliphatic heterocycles. The molecule has 1 heterocycles. The molecule has 1 saturated heterocycles. The van der Waals surface area contributed by atoms with E-state index in [1.165, 1.54) is 10.4 Å². The maximum atomic E-state index is 13.7. The molecule has 0 saturated carbocycles. The third-order valence-electron chi connectivity index (χ3n) is 3.22. The van der Waals surface area contributed by atoms with E-state index >= 15 is 0 Å². The second kappa shape index (κ2) is 5.20. The fourth-order valence-electron chi connectivity index (χ4n) is 2.26. The molecule has 0 N–H and O–H groups in total. The molecule has 5 heteroatoms. The Morgan fingerprint density at radius 3 is 2.83 bits per heavy atom. The third-order valence-corrected chi connectivity index (χ3v) is 5.06. The second-order valence-electron chi connectivity index (χ2n) is 4.43. The van der Waals surface area contributed by atoms with Crippen molar-refractivity contribution in [2.24, 2.45) is 0 Å². The molecule has 0 bridgehead atoms. The van der Waals surface area contributed by atoms with E-state index in [0.29, 0.717) is 18.5 Å². The van der Waals surface area contributed by atoms with E-state index in [2.05, 4.69) is 6.58 Å². The first-order valence-corrected chi connectivity index (χ1v) is 7.48. The van der Waals surface area contributed by atoms with Crippen LogP contribution in [0, 0.1) is 5.82 Å². The Morgan fingerprint density at radius 2 is 2.17 bits per heavy atom. The summed E-state index contributed by atoms with van der Waals surface area (Å²) in [6.07, 6.45) is 2.03. The van der Waals surface area contributed by atoms with Crippen molar-refractivity contribution in [3.63, 3.8) is 0 Å². The average molecular weight is 269 g/mol. The molecular formula is C13H16FNO2S. The summed E-state index contributed by atoms with van der Waals surface area (Å²) in [6, 6.07) is 6.56. The highest BCUT2D eigenvalue weighted by molar-refractivity contribution is 7.89. The van der Waals surface area contributed by atoms with Gasteiger partial charge in [-0.3, -0.25) is 0 Å². The van der Waals surface area contributed by atoms with E-state index in [4.69, 9.17) is 0 Å². The lowest BCUT2D eigenvalue weighted by molar-refractivity contribution is 0.375. The van der Waals surface area contributed by atoms with E-state index in [-0.39, 0.29) is 24.0 Å². The van der Waals surface area contributed by atoms with Crippen molar-refractivity contribution in [2.45, 2.75) is 12.3 Å². The zero-order chi connectivity index (χ0) is 13.2. The van der Waals surface area contributed by atoms with Crippen LogP contribution in [0.25, 0.3) is 0 Å². The lowest BCUT2D eigenvalue weighted by Gasteiger charge is -2.31. The monoisotopic (exact) mass is 269 g/mol. The molecule has 0 amide bonds. The Morgan fingerprint density at radius 1 is 1.44 bits per heavy atom. The van der Waals surface area contributed by atoms with Crippen molar-refractivity contribution in [1.82, 2.24) is 4.31 Å². The van der Waals surface area contributed by atoms with Crippen LogP contribution in [0.5, 0.6) is 0 Å². The normalized spacial score (nSPS) is 23.7. The zero-order valence-electron chi connectivity index (χ0n) is 10.0. The van der Waals surface area contributed by atoms with E-state index in [0.717, 1.165) is 0 Å². The minimum atomic E-state index is -3.20. The molecule has 0 aliphatic carbocycles. The number of hydrogen-bond acceptors (Lipinski definition) is 2. The molecule has 0 spiro atoms. The Kier molecular flexibility index (Phi) is 3.82. The first-order valence-electron chi connectivity index (χ1n) is 5.88. The van der Waals surface area contributed by atoms with Crippen LogP contribution in [0.15, 0.2) is 36.9 Å². The van der Waals surface area contributed by atoms with Gasteiger partial charge in [-0.1, -0.05) is 24.3 Å². The Hall–Kier alpha value is -1.20. The van der Waals surface area contributed by atoms with E-state index in [9.17, 15) is 12.8 Å². The van der Waals surface area contributed by atoms with E-state index in [1.54, 1.807) is 24.3 Å². The predicted molar refractivity (Wildman–Crippen MR) is 69.3 cm³/mol. The molecule has 1 aliphatic rings. The minimum Gasteiger partial charge on any atom is -0.212 e. The van der Waals surface area contributed by atoms with Crippen LogP contribution in [-0.4, -0.2) is 31.6 Å². The summed E-state index contributed by atoms with van der Waals surface area (Å²) in [7, 11) is -3.20. The topological polar surface area (TPSA) is 37.4 Å². The maximum absolute atomic E-state index is 13.7. The van der Waals surface area contributed by atoms with Gasteiger partial charge in [0.25, 0.3) is 0 Å². The summed E-state index contributed by atoms with van der Waals surface area (Å²) >= 11 is 0. The van der Waals surface area contributed by atoms with Gasteiger partial charge in [0.05, 0.1) is 5.75 Å². The van der Waals surface area contributed by atoms with Gasteiger partial charge in [-0.2, -0.15) is 4.31 Å². The highest BCUT2D eigenvalue weighted by atomic mass is 32.2. The zero-order valence-corrected chi connectivity index (χ0v) is 10.9. The largest absolute Gasteiger partial charge is 0.214 e. The number of benzene rings is 1. The van der Waals surface area contributed by atoms with Crippen LogP contribution < -0.4 is 0 Å². The molecule has 1 aromatic rings. The van der Waals surface area contributed by atoms with Crippen LogP contribution in [-0.2, 0) is 10.0 Å². The summed E-state index contributed by atoms with van der Waals surface area (Å²) in [5.41, 5.74) is 0.599. The van der Waals surface area contributed by atoms with Gasteiger partial charge in [0.1, 0.15) is 5.82 Å². The molecule has 1 atom stereocenters. The predicted octanol–water partition coefficient (Wildman–Crippen LogP) is 2.13. The van der Waals surface area contributed by atoms with Gasteiger partial charge in [-0.05, 0) is 18.1 Å². The van der Waals surface area contributed by atoms with E-state index < -0.39 is 10.0 Å². The smallest absolute Gasteiger partial charge is 0.212 e. The fraction of sp³-hybridized carbons (Fsp3) is 0.385. The van der Waals surface area contributed by atoms with Crippen molar-refractivity contribution >= 4 is 10.0 Å². The second-order valence-corrected chi connectivity index (χ2v) is 6.52. The highest BCUT2D eigenvalue weighted by Crippen LogP contribution is 2.29. The molecule has 18 heavy (non-hydrogen) atoms. The number of halogens is 1. The van der Waals surface area contributed by atoms with Crippen LogP contribution in [0.4, 0.5) is 4.39 Å². The SMILES string of the molecule is C=CCN1CC(c2ccccc2F)CCS1(=O)=O. The molecular weight excluding hydrogens is 253 g/mol. The van der Waals surface area contributed by atoms with Gasteiger partial charge < -0.3 is 0 Å². The number of rotatable bonds is 3. The van der Waals surface area contributed by atoms with Crippen LogP contribution in [0.1, 0.15) is 17.9 Å². The summed E-state index contributed by atoms with van der Waals surface area (Å²) in [5.74, 6) is -0.269. The highest BCUT2D eigenvalue weighted by Gasteiger charge is 2.32. The van der Waals surface area contributed by atoms with Gasteiger partial charge in [0, 0.05) is 19.0 Å². The lowest BCUT2D eigenvalue weighted by Crippen LogP contribution is -2.41. The average Bonchev–Trinajstić information content (AvgIpc) is 2.33. The summed E-state index contributed by atoms with van der Waals surface area (Å²) in [4.78, 5) is 0. The summed E-state index contributed by atoms with van der Waals surface area (Å²) in [6.45, 7) is 4.17. The minimum absolute atomic E-state index is 0.0693. The quantitative estimate of drug-likeness (QED) is 0.788. The van der Waals surface area contributed by atoms with Gasteiger partial charge in [0.2, 0.25) is 10.0 Å². The molecule has 2 rings (SSSR count). The van der Waals surface area contributed by atoms with Crippen molar-refractivity contribution in [2.75, 3.05) is 18.8 Å². The van der Waals surface area contributed by atoms with Crippen molar-refractivity contribution < 1.29 is 12.8 Å². The standard InChI is InChI=1S/C13H16FNO2S/c1-2-8-15-10-11(7-9-18(15,16)17)12-5-3-4-6-13(12)14/h2-6,11H,1,7-10H2. The molecule has 1 fully saturated rings. The summed E-state index contributed by atoms with van der Waals surface area (Å²) in [5, 5.41) is 0. The molecule has 0 radical (unpaired) electrons. The molecule has 3 nitrogen and oxygen atoms in total. The van der Waals surface area contributed by atoms with Gasteiger partial charge in [-0.15, -0.1) is 6.58 Å². The summed E-state index contributed by atoms with van der Waals surface area (Å²) < 4.78 is 38.7.